The van der Waals surface area contributed by atoms with Crippen molar-refractivity contribution in [3.8, 4) is 5.06 Å². The lowest BCUT2D eigenvalue weighted by Crippen LogP contribution is -2.41. The van der Waals surface area contributed by atoms with E-state index >= 15 is 0 Å². The Morgan fingerprint density at radius 2 is 2.09 bits per heavy atom. The third-order valence-corrected chi connectivity index (χ3v) is 4.73. The molecule has 2 N–H and O–H groups in total. The van der Waals surface area contributed by atoms with Crippen LogP contribution in [-0.4, -0.2) is 18.7 Å². The third kappa shape index (κ3) is 2.56. The molecule has 4 rings (SSSR count). The van der Waals surface area contributed by atoms with E-state index in [9.17, 15) is 5.02 Å². The fraction of sp³-hybridized carbons (Fsp3) is 0.125. The molecule has 0 spiro atoms. The summed E-state index contributed by atoms with van der Waals surface area (Å²) >= 11 is 1.59. The smallest absolute Gasteiger partial charge is 0.423 e. The second-order valence-corrected chi connectivity index (χ2v) is 6.24. The van der Waals surface area contributed by atoms with Crippen LogP contribution in [0.4, 0.5) is 5.69 Å². The first-order valence-corrected chi connectivity index (χ1v) is 7.95. The molecule has 2 aromatic carbocycles. The van der Waals surface area contributed by atoms with E-state index in [1.807, 2.05) is 36.4 Å². The molecule has 3 aromatic rings. The molecule has 22 heavy (non-hydrogen) atoms. The predicted molar refractivity (Wildman–Crippen MR) is 89.8 cm³/mol. The molecule has 0 unspecified atom stereocenters. The number of fused-ring (bicyclic) bond motifs is 2. The van der Waals surface area contributed by atoms with Crippen LogP contribution >= 0.6 is 11.3 Å². The summed E-state index contributed by atoms with van der Waals surface area (Å²) < 4.78 is 6.44. The summed E-state index contributed by atoms with van der Waals surface area (Å²) in [7, 11) is -0.852. The van der Waals surface area contributed by atoms with E-state index in [0.717, 1.165) is 28.2 Å². The molecule has 1 aromatic heterocycles. The Hall–Kier alpha value is -2.02. The first-order chi connectivity index (χ1) is 10.8. The number of thiophene rings is 1. The lowest BCUT2D eigenvalue weighted by molar-refractivity contribution is 0.266. The van der Waals surface area contributed by atoms with Crippen LogP contribution in [0.25, 0.3) is 10.1 Å². The van der Waals surface area contributed by atoms with Gasteiger partial charge in [-0.05, 0) is 41.0 Å². The minimum absolute atomic E-state index is 0.555. The molecule has 0 saturated heterocycles. The number of hydrogen-bond acceptors (Lipinski definition) is 5. The van der Waals surface area contributed by atoms with Crippen molar-refractivity contribution < 1.29 is 14.5 Å². The van der Waals surface area contributed by atoms with Gasteiger partial charge >= 0.3 is 7.12 Å². The van der Waals surface area contributed by atoms with E-state index in [1.165, 1.54) is 10.1 Å². The number of nitrogens with one attached hydrogen (secondary N) is 1. The van der Waals surface area contributed by atoms with Crippen LogP contribution in [-0.2, 0) is 11.1 Å². The van der Waals surface area contributed by atoms with E-state index in [-0.39, 0.29) is 0 Å². The molecule has 2 heterocycles. The van der Waals surface area contributed by atoms with E-state index in [0.29, 0.717) is 6.61 Å². The van der Waals surface area contributed by atoms with Crippen molar-refractivity contribution in [2.75, 3.05) is 12.1 Å². The second kappa shape index (κ2) is 5.64. The fourth-order valence-corrected chi connectivity index (χ4v) is 3.48. The van der Waals surface area contributed by atoms with Crippen LogP contribution < -0.4 is 15.8 Å². The molecular formula is C16H14BNO3S. The molecule has 1 aliphatic rings. The first-order valence-electron chi connectivity index (χ1n) is 7.13. The third-order valence-electron chi connectivity index (χ3n) is 3.73. The van der Waals surface area contributed by atoms with Crippen molar-refractivity contribution in [1.82, 2.24) is 0 Å². The summed E-state index contributed by atoms with van der Waals surface area (Å²) in [6.07, 6.45) is 0.823. The van der Waals surface area contributed by atoms with E-state index in [1.54, 1.807) is 11.3 Å². The zero-order valence-electron chi connectivity index (χ0n) is 11.8. The van der Waals surface area contributed by atoms with Gasteiger partial charge in [-0.15, -0.1) is 0 Å². The summed E-state index contributed by atoms with van der Waals surface area (Å²) in [6.45, 7) is 0.555. The van der Waals surface area contributed by atoms with Crippen LogP contribution in [0.3, 0.4) is 0 Å². The molecule has 0 saturated carbocycles. The molecule has 0 aliphatic carbocycles. The van der Waals surface area contributed by atoms with Crippen molar-refractivity contribution in [2.24, 2.45) is 0 Å². The monoisotopic (exact) mass is 311 g/mol. The average Bonchev–Trinajstić information content (AvgIpc) is 2.96. The minimum Gasteiger partial charge on any atom is -0.423 e. The van der Waals surface area contributed by atoms with Gasteiger partial charge in [-0.3, -0.25) is 0 Å². The molecule has 0 atom stereocenters. The van der Waals surface area contributed by atoms with Gasteiger partial charge in [0.1, 0.15) is 0 Å². The van der Waals surface area contributed by atoms with Gasteiger partial charge in [0.15, 0.2) is 0 Å². The van der Waals surface area contributed by atoms with E-state index < -0.39 is 7.12 Å². The van der Waals surface area contributed by atoms with Crippen molar-refractivity contribution in [2.45, 2.75) is 6.42 Å². The summed E-state index contributed by atoms with van der Waals surface area (Å²) in [5.41, 5.74) is 5.65. The number of anilines is 1. The van der Waals surface area contributed by atoms with Gasteiger partial charge in [0, 0.05) is 17.4 Å². The van der Waals surface area contributed by atoms with Crippen LogP contribution in [0.1, 0.15) is 5.56 Å². The molecule has 6 heteroatoms. The first kappa shape index (κ1) is 13.6. The van der Waals surface area contributed by atoms with Gasteiger partial charge in [-0.2, -0.15) is 0 Å². The number of benzene rings is 2. The lowest BCUT2D eigenvalue weighted by atomic mass is 9.73. The van der Waals surface area contributed by atoms with Gasteiger partial charge in [-0.25, -0.2) is 5.48 Å². The quantitative estimate of drug-likeness (QED) is 0.576. The highest BCUT2D eigenvalue weighted by Gasteiger charge is 2.24. The average molecular weight is 311 g/mol. The topological polar surface area (TPSA) is 50.7 Å². The SMILES string of the molecule is OB1OCCc2ccc(NOc3cc4ccccc4s3)cc21. The van der Waals surface area contributed by atoms with Gasteiger partial charge in [0.2, 0.25) is 5.06 Å². The van der Waals surface area contributed by atoms with Crippen LogP contribution in [0, 0.1) is 0 Å². The molecule has 0 amide bonds. The van der Waals surface area contributed by atoms with Crippen LogP contribution in [0.2, 0.25) is 0 Å². The Morgan fingerprint density at radius 1 is 1.18 bits per heavy atom. The minimum atomic E-state index is -0.852. The van der Waals surface area contributed by atoms with Crippen LogP contribution in [0.15, 0.2) is 48.5 Å². The standard InChI is InChI=1S/C16H14BNO3S/c19-17-14-10-13(6-5-11(14)7-8-20-17)18-21-16-9-12-3-1-2-4-15(12)22-16/h1-6,9-10,18-19H,7-8H2. The number of rotatable bonds is 3. The lowest BCUT2D eigenvalue weighted by Gasteiger charge is -2.19. The normalized spacial score (nSPS) is 14.0. The Bertz CT molecular complexity index is 787. The Morgan fingerprint density at radius 3 is 3.00 bits per heavy atom. The van der Waals surface area contributed by atoms with Gasteiger partial charge < -0.3 is 14.5 Å². The Labute approximate surface area is 132 Å². The molecule has 1 aliphatic heterocycles. The highest BCUT2D eigenvalue weighted by Crippen LogP contribution is 2.31. The highest BCUT2D eigenvalue weighted by molar-refractivity contribution is 7.20. The van der Waals surface area contributed by atoms with Gasteiger partial charge in [0.25, 0.3) is 0 Å². The number of hydrogen-bond donors (Lipinski definition) is 2. The molecule has 110 valence electrons. The highest BCUT2D eigenvalue weighted by atomic mass is 32.1. The van der Waals surface area contributed by atoms with Crippen molar-refractivity contribution in [1.29, 1.82) is 0 Å². The zero-order chi connectivity index (χ0) is 14.9. The Balaban J connectivity index is 1.52. The second-order valence-electron chi connectivity index (χ2n) is 5.19. The van der Waals surface area contributed by atoms with E-state index in [2.05, 4.69) is 17.6 Å². The predicted octanol–water partition coefficient (Wildman–Crippen LogP) is 2.57. The van der Waals surface area contributed by atoms with Crippen molar-refractivity contribution in [3.63, 3.8) is 0 Å². The molecule has 0 radical (unpaired) electrons. The van der Waals surface area contributed by atoms with Crippen LogP contribution in [0.5, 0.6) is 5.06 Å². The maximum atomic E-state index is 9.88. The molecule has 0 fully saturated rings. The van der Waals surface area contributed by atoms with Crippen molar-refractivity contribution in [3.05, 3.63) is 54.1 Å². The zero-order valence-corrected chi connectivity index (χ0v) is 12.6. The van der Waals surface area contributed by atoms with Gasteiger partial charge in [-0.1, -0.05) is 35.6 Å². The maximum absolute atomic E-state index is 9.88. The van der Waals surface area contributed by atoms with Crippen molar-refractivity contribution >= 4 is 39.7 Å². The maximum Gasteiger partial charge on any atom is 0.491 e. The summed E-state index contributed by atoms with van der Waals surface area (Å²) in [5, 5.41) is 11.8. The molecule has 4 nitrogen and oxygen atoms in total. The summed E-state index contributed by atoms with van der Waals surface area (Å²) in [5.74, 6) is 0. The largest absolute Gasteiger partial charge is 0.491 e. The van der Waals surface area contributed by atoms with Gasteiger partial charge in [0.05, 0.1) is 5.69 Å². The molecular weight excluding hydrogens is 297 g/mol. The Kier molecular flexibility index (Phi) is 3.50. The van der Waals surface area contributed by atoms with E-state index in [4.69, 9.17) is 9.49 Å². The molecule has 0 bridgehead atoms. The fourth-order valence-electron chi connectivity index (χ4n) is 2.60. The summed E-state index contributed by atoms with van der Waals surface area (Å²) in [6, 6.07) is 16.0. The summed E-state index contributed by atoms with van der Waals surface area (Å²) in [4.78, 5) is 5.65.